The summed E-state index contributed by atoms with van der Waals surface area (Å²) in [5.41, 5.74) is 0.892. The number of aryl methyl sites for hydroxylation is 1. The van der Waals surface area contributed by atoms with Crippen LogP contribution in [0, 0.1) is 24.0 Å². The maximum absolute atomic E-state index is 10.9. The standard InChI is InChI=1S/C13H24N4O3S/c1-9(21-4)5-6-14-7-12(18)8-16-11(3)13(17(19)20)10(2)15-16/h9,12,14,18H,5-8H2,1-4H3. The molecule has 120 valence electrons. The van der Waals surface area contributed by atoms with Gasteiger partial charge in [0, 0.05) is 11.8 Å². The van der Waals surface area contributed by atoms with Crippen LogP contribution in [-0.2, 0) is 6.54 Å². The number of rotatable bonds is 9. The lowest BCUT2D eigenvalue weighted by Gasteiger charge is -2.14. The molecule has 2 N–H and O–H groups in total. The largest absolute Gasteiger partial charge is 0.390 e. The van der Waals surface area contributed by atoms with Crippen LogP contribution in [0.1, 0.15) is 24.7 Å². The average molecular weight is 316 g/mol. The molecule has 0 fully saturated rings. The molecule has 0 aliphatic heterocycles. The summed E-state index contributed by atoms with van der Waals surface area (Å²) < 4.78 is 1.50. The van der Waals surface area contributed by atoms with Gasteiger partial charge >= 0.3 is 5.69 Å². The Morgan fingerprint density at radius 2 is 2.19 bits per heavy atom. The Morgan fingerprint density at radius 3 is 2.71 bits per heavy atom. The van der Waals surface area contributed by atoms with Gasteiger partial charge in [-0.1, -0.05) is 6.92 Å². The third kappa shape index (κ3) is 5.29. The van der Waals surface area contributed by atoms with Crippen molar-refractivity contribution in [3.63, 3.8) is 0 Å². The Kier molecular flexibility index (Phi) is 7.13. The van der Waals surface area contributed by atoms with Crippen molar-refractivity contribution in [3.05, 3.63) is 21.5 Å². The molecule has 0 radical (unpaired) electrons. The first kappa shape index (κ1) is 17.9. The van der Waals surface area contributed by atoms with Gasteiger partial charge in [0.25, 0.3) is 0 Å². The Balaban J connectivity index is 2.47. The van der Waals surface area contributed by atoms with Crippen LogP contribution in [0.3, 0.4) is 0 Å². The van der Waals surface area contributed by atoms with E-state index >= 15 is 0 Å². The van der Waals surface area contributed by atoms with Crippen molar-refractivity contribution < 1.29 is 10.0 Å². The molecule has 1 aromatic heterocycles. The van der Waals surface area contributed by atoms with E-state index in [1.54, 1.807) is 13.8 Å². The molecule has 0 saturated carbocycles. The lowest BCUT2D eigenvalue weighted by atomic mass is 10.3. The lowest BCUT2D eigenvalue weighted by molar-refractivity contribution is -0.386. The van der Waals surface area contributed by atoms with Crippen LogP contribution in [0.5, 0.6) is 0 Å². The van der Waals surface area contributed by atoms with Crippen molar-refractivity contribution in [1.29, 1.82) is 0 Å². The van der Waals surface area contributed by atoms with Gasteiger partial charge in [0.15, 0.2) is 0 Å². The Bertz CT molecular complexity index is 478. The van der Waals surface area contributed by atoms with E-state index in [0.717, 1.165) is 13.0 Å². The molecule has 8 heteroatoms. The number of hydrogen-bond donors (Lipinski definition) is 2. The molecule has 21 heavy (non-hydrogen) atoms. The number of aliphatic hydroxyl groups excluding tert-OH is 1. The monoisotopic (exact) mass is 316 g/mol. The van der Waals surface area contributed by atoms with Crippen LogP contribution in [0.2, 0.25) is 0 Å². The van der Waals surface area contributed by atoms with Crippen molar-refractivity contribution >= 4 is 17.4 Å². The molecular formula is C13H24N4O3S. The highest BCUT2D eigenvalue weighted by atomic mass is 32.2. The number of nitrogens with one attached hydrogen (secondary N) is 1. The Morgan fingerprint density at radius 1 is 1.52 bits per heavy atom. The summed E-state index contributed by atoms with van der Waals surface area (Å²) in [4.78, 5) is 10.5. The molecule has 0 saturated heterocycles. The van der Waals surface area contributed by atoms with E-state index < -0.39 is 11.0 Å². The molecule has 1 heterocycles. The van der Waals surface area contributed by atoms with Crippen LogP contribution < -0.4 is 5.32 Å². The van der Waals surface area contributed by atoms with Gasteiger partial charge in [-0.25, -0.2) is 0 Å². The number of aromatic nitrogens is 2. The van der Waals surface area contributed by atoms with E-state index in [9.17, 15) is 15.2 Å². The van der Waals surface area contributed by atoms with Gasteiger partial charge < -0.3 is 10.4 Å². The molecule has 2 atom stereocenters. The predicted molar refractivity (Wildman–Crippen MR) is 84.8 cm³/mol. The number of hydrogen-bond acceptors (Lipinski definition) is 6. The molecule has 1 aromatic rings. The van der Waals surface area contributed by atoms with Crippen LogP contribution in [0.25, 0.3) is 0 Å². The molecular weight excluding hydrogens is 292 g/mol. The first-order chi connectivity index (χ1) is 9.86. The highest BCUT2D eigenvalue weighted by molar-refractivity contribution is 7.99. The van der Waals surface area contributed by atoms with Gasteiger partial charge in [0.1, 0.15) is 11.4 Å². The summed E-state index contributed by atoms with van der Waals surface area (Å²) in [6.45, 7) is 6.97. The first-order valence-corrected chi connectivity index (χ1v) is 8.25. The lowest BCUT2D eigenvalue weighted by Crippen LogP contribution is -2.32. The van der Waals surface area contributed by atoms with Gasteiger partial charge in [-0.3, -0.25) is 14.8 Å². The van der Waals surface area contributed by atoms with Crippen LogP contribution in [0.15, 0.2) is 0 Å². The minimum atomic E-state index is -0.618. The van der Waals surface area contributed by atoms with Gasteiger partial charge in [-0.05, 0) is 33.1 Å². The smallest absolute Gasteiger partial charge is 0.312 e. The average Bonchev–Trinajstić information content (AvgIpc) is 2.69. The van der Waals surface area contributed by atoms with Crippen LogP contribution in [0.4, 0.5) is 5.69 Å². The minimum absolute atomic E-state index is 0.0314. The molecule has 2 unspecified atom stereocenters. The second-order valence-corrected chi connectivity index (χ2v) is 6.43. The molecule has 1 rings (SSSR count). The van der Waals surface area contributed by atoms with Crippen molar-refractivity contribution in [2.75, 3.05) is 19.3 Å². The molecule has 7 nitrogen and oxygen atoms in total. The summed E-state index contributed by atoms with van der Waals surface area (Å²) in [5.74, 6) is 0. The molecule has 0 aromatic carbocycles. The number of nitrogens with zero attached hydrogens (tertiary/aromatic N) is 3. The number of aliphatic hydroxyl groups is 1. The third-order valence-electron chi connectivity index (χ3n) is 3.42. The fourth-order valence-electron chi connectivity index (χ4n) is 2.09. The Labute approximate surface area is 129 Å². The van der Waals surface area contributed by atoms with E-state index in [4.69, 9.17) is 0 Å². The zero-order valence-corrected chi connectivity index (χ0v) is 13.8. The number of nitro groups is 1. The molecule has 0 spiro atoms. The van der Waals surface area contributed by atoms with Crippen molar-refractivity contribution in [1.82, 2.24) is 15.1 Å². The fraction of sp³-hybridized carbons (Fsp3) is 0.769. The zero-order valence-electron chi connectivity index (χ0n) is 13.0. The van der Waals surface area contributed by atoms with E-state index in [-0.39, 0.29) is 12.2 Å². The highest BCUT2D eigenvalue weighted by Gasteiger charge is 2.22. The summed E-state index contributed by atoms with van der Waals surface area (Å²) in [5, 5.41) is 28.8. The minimum Gasteiger partial charge on any atom is -0.390 e. The Hall–Kier alpha value is -1.12. The summed E-state index contributed by atoms with van der Waals surface area (Å²) >= 11 is 1.81. The van der Waals surface area contributed by atoms with E-state index in [0.29, 0.717) is 23.2 Å². The van der Waals surface area contributed by atoms with E-state index in [2.05, 4.69) is 23.6 Å². The highest BCUT2D eigenvalue weighted by Crippen LogP contribution is 2.21. The fourth-order valence-corrected chi connectivity index (χ4v) is 2.44. The maximum Gasteiger partial charge on any atom is 0.312 e. The normalized spacial score (nSPS) is 14.1. The van der Waals surface area contributed by atoms with E-state index in [1.807, 2.05) is 11.8 Å². The quantitative estimate of drug-likeness (QED) is 0.407. The SMILES string of the molecule is CSC(C)CCNCC(O)Cn1nc(C)c([N+](=O)[O-])c1C. The first-order valence-electron chi connectivity index (χ1n) is 6.96. The molecule has 0 aliphatic rings. The molecule has 0 bridgehead atoms. The summed E-state index contributed by atoms with van der Waals surface area (Å²) in [7, 11) is 0. The maximum atomic E-state index is 10.9. The third-order valence-corrected chi connectivity index (χ3v) is 4.46. The molecule has 0 aliphatic carbocycles. The van der Waals surface area contributed by atoms with Crippen molar-refractivity contribution in [2.24, 2.45) is 0 Å². The van der Waals surface area contributed by atoms with Gasteiger partial charge in [-0.2, -0.15) is 16.9 Å². The van der Waals surface area contributed by atoms with E-state index in [1.165, 1.54) is 4.68 Å². The van der Waals surface area contributed by atoms with Crippen LogP contribution in [-0.4, -0.2) is 50.5 Å². The van der Waals surface area contributed by atoms with Crippen LogP contribution >= 0.6 is 11.8 Å². The van der Waals surface area contributed by atoms with Gasteiger partial charge in [0.2, 0.25) is 0 Å². The second kappa shape index (κ2) is 8.35. The van der Waals surface area contributed by atoms with Gasteiger partial charge in [0.05, 0.1) is 17.6 Å². The molecule has 0 amide bonds. The second-order valence-electron chi connectivity index (χ2n) is 5.15. The van der Waals surface area contributed by atoms with Crippen molar-refractivity contribution in [3.8, 4) is 0 Å². The van der Waals surface area contributed by atoms with Gasteiger partial charge in [-0.15, -0.1) is 0 Å². The topological polar surface area (TPSA) is 93.2 Å². The summed E-state index contributed by atoms with van der Waals surface area (Å²) in [6.07, 6.45) is 2.50. The zero-order chi connectivity index (χ0) is 16.0. The number of thioether (sulfide) groups is 1. The van der Waals surface area contributed by atoms with Crippen molar-refractivity contribution in [2.45, 2.75) is 45.1 Å². The summed E-state index contributed by atoms with van der Waals surface area (Å²) in [6, 6.07) is 0. The predicted octanol–water partition coefficient (Wildman–Crippen LogP) is 1.50.